The first-order valence-corrected chi connectivity index (χ1v) is 7.20. The van der Waals surface area contributed by atoms with Crippen molar-refractivity contribution in [3.8, 4) is 0 Å². The summed E-state index contributed by atoms with van der Waals surface area (Å²) in [6.07, 6.45) is 7.38. The number of hydrogen-bond acceptors (Lipinski definition) is 2. The molecule has 3 rings (SSSR count). The minimum atomic E-state index is -0.901. The maximum Gasteiger partial charge on any atom is 0.141 e. The van der Waals surface area contributed by atoms with Gasteiger partial charge in [-0.2, -0.15) is 0 Å². The molecule has 2 aliphatic carbocycles. The zero-order valence-electron chi connectivity index (χ0n) is 12.1. The standard InChI is InChI=1S/C17H23NO/c1-16(19,18(2)3)15-12-17(10-6-7-11-17)14-9-5-4-8-13(14)15/h4-5,8-9,12,19H,6-7,10-11H2,1-3H3. The lowest BCUT2D eigenvalue weighted by molar-refractivity contribution is -0.0104. The Labute approximate surface area is 115 Å². The van der Waals surface area contributed by atoms with Crippen molar-refractivity contribution in [1.29, 1.82) is 0 Å². The second-order valence-corrected chi connectivity index (χ2v) is 6.38. The van der Waals surface area contributed by atoms with Crippen molar-refractivity contribution in [1.82, 2.24) is 4.90 Å². The van der Waals surface area contributed by atoms with Crippen LogP contribution in [0, 0.1) is 0 Å². The molecule has 0 saturated heterocycles. The summed E-state index contributed by atoms with van der Waals surface area (Å²) in [7, 11) is 3.87. The number of likely N-dealkylation sites (N-methyl/N-ethyl adjacent to an activating group) is 1. The minimum absolute atomic E-state index is 0.186. The largest absolute Gasteiger partial charge is 0.372 e. The topological polar surface area (TPSA) is 23.5 Å². The van der Waals surface area contributed by atoms with Gasteiger partial charge in [0.2, 0.25) is 0 Å². The molecule has 2 aliphatic rings. The summed E-state index contributed by atoms with van der Waals surface area (Å²) in [4.78, 5) is 1.89. The number of benzene rings is 1. The molecule has 102 valence electrons. The summed E-state index contributed by atoms with van der Waals surface area (Å²) in [6.45, 7) is 1.89. The Balaban J connectivity index is 2.16. The zero-order valence-corrected chi connectivity index (χ0v) is 12.1. The molecule has 0 bridgehead atoms. The number of hydrogen-bond donors (Lipinski definition) is 1. The summed E-state index contributed by atoms with van der Waals surface area (Å²) in [5.74, 6) is 0. The van der Waals surface area contributed by atoms with Crippen molar-refractivity contribution in [2.75, 3.05) is 14.1 Å². The smallest absolute Gasteiger partial charge is 0.141 e. The number of allylic oxidation sites excluding steroid dienone is 1. The summed E-state index contributed by atoms with van der Waals surface area (Å²) in [5.41, 5.74) is 3.02. The second kappa shape index (κ2) is 4.19. The molecule has 0 amide bonds. The second-order valence-electron chi connectivity index (χ2n) is 6.38. The van der Waals surface area contributed by atoms with Gasteiger partial charge in [0.05, 0.1) is 0 Å². The highest BCUT2D eigenvalue weighted by molar-refractivity contribution is 5.81. The van der Waals surface area contributed by atoms with Gasteiger partial charge >= 0.3 is 0 Å². The molecule has 0 aromatic heterocycles. The van der Waals surface area contributed by atoms with Crippen LogP contribution in [-0.2, 0) is 5.41 Å². The van der Waals surface area contributed by atoms with Gasteiger partial charge in [0, 0.05) is 11.0 Å². The highest BCUT2D eigenvalue weighted by Crippen LogP contribution is 2.52. The number of aliphatic hydroxyl groups is 1. The molecular weight excluding hydrogens is 234 g/mol. The fourth-order valence-electron chi connectivity index (χ4n) is 3.64. The van der Waals surface area contributed by atoms with Crippen LogP contribution in [0.5, 0.6) is 0 Å². The van der Waals surface area contributed by atoms with Crippen molar-refractivity contribution in [2.45, 2.75) is 43.7 Å². The van der Waals surface area contributed by atoms with Crippen LogP contribution in [0.4, 0.5) is 0 Å². The van der Waals surface area contributed by atoms with E-state index in [0.29, 0.717) is 0 Å². The van der Waals surface area contributed by atoms with Crippen molar-refractivity contribution in [3.63, 3.8) is 0 Å². The molecule has 2 nitrogen and oxygen atoms in total. The summed E-state index contributed by atoms with van der Waals surface area (Å²) in [6, 6.07) is 8.61. The minimum Gasteiger partial charge on any atom is -0.372 e. The van der Waals surface area contributed by atoms with E-state index in [9.17, 15) is 5.11 Å². The van der Waals surface area contributed by atoms with Gasteiger partial charge in [0.15, 0.2) is 0 Å². The van der Waals surface area contributed by atoms with Crippen LogP contribution in [0.25, 0.3) is 5.57 Å². The normalized spacial score (nSPS) is 23.5. The molecule has 19 heavy (non-hydrogen) atoms. The van der Waals surface area contributed by atoms with E-state index in [2.05, 4.69) is 30.3 Å². The summed E-state index contributed by atoms with van der Waals surface area (Å²) >= 11 is 0. The van der Waals surface area contributed by atoms with Crippen LogP contribution in [0.2, 0.25) is 0 Å². The van der Waals surface area contributed by atoms with Crippen LogP contribution in [-0.4, -0.2) is 29.8 Å². The molecule has 1 aromatic rings. The van der Waals surface area contributed by atoms with Crippen LogP contribution >= 0.6 is 0 Å². The SMILES string of the molecule is CN(C)C(C)(O)C1=CC2(CCCC2)c2ccccc21. The molecule has 1 fully saturated rings. The highest BCUT2D eigenvalue weighted by atomic mass is 16.3. The third-order valence-corrected chi connectivity index (χ3v) is 5.05. The Hall–Kier alpha value is -1.12. The summed E-state index contributed by atoms with van der Waals surface area (Å²) in [5, 5.41) is 10.8. The van der Waals surface area contributed by atoms with E-state index in [-0.39, 0.29) is 5.41 Å². The van der Waals surface area contributed by atoms with E-state index in [4.69, 9.17) is 0 Å². The van der Waals surface area contributed by atoms with Gasteiger partial charge in [0.1, 0.15) is 5.72 Å². The Kier molecular flexibility index (Phi) is 2.84. The molecule has 0 heterocycles. The first-order chi connectivity index (χ1) is 8.97. The van der Waals surface area contributed by atoms with Gasteiger partial charge in [-0.15, -0.1) is 0 Å². The van der Waals surface area contributed by atoms with Crippen LogP contribution in [0.3, 0.4) is 0 Å². The predicted molar refractivity (Wildman–Crippen MR) is 78.9 cm³/mol. The predicted octanol–water partition coefficient (Wildman–Crippen LogP) is 3.17. The molecule has 1 N–H and O–H groups in total. The van der Waals surface area contributed by atoms with Crippen LogP contribution in [0.1, 0.15) is 43.7 Å². The number of nitrogens with zero attached hydrogens (tertiary/aromatic N) is 1. The molecule has 1 saturated carbocycles. The van der Waals surface area contributed by atoms with Crippen molar-refractivity contribution < 1.29 is 5.11 Å². The molecule has 0 aliphatic heterocycles. The summed E-state index contributed by atoms with van der Waals surface area (Å²) < 4.78 is 0. The van der Waals surface area contributed by atoms with Gasteiger partial charge in [0.25, 0.3) is 0 Å². The molecule has 1 spiro atoms. The number of fused-ring (bicyclic) bond motifs is 2. The van der Waals surface area contributed by atoms with Gasteiger partial charge in [-0.25, -0.2) is 0 Å². The Morgan fingerprint density at radius 3 is 2.42 bits per heavy atom. The maximum atomic E-state index is 10.8. The van der Waals surface area contributed by atoms with E-state index >= 15 is 0 Å². The Morgan fingerprint density at radius 2 is 1.79 bits per heavy atom. The average Bonchev–Trinajstić information content (AvgIpc) is 2.97. The first kappa shape index (κ1) is 12.9. The lowest BCUT2D eigenvalue weighted by Crippen LogP contribution is -2.41. The van der Waals surface area contributed by atoms with Crippen molar-refractivity contribution >= 4 is 5.57 Å². The monoisotopic (exact) mass is 257 g/mol. The highest BCUT2D eigenvalue weighted by Gasteiger charge is 2.44. The zero-order chi connectivity index (χ0) is 13.7. The molecule has 2 heteroatoms. The van der Waals surface area contributed by atoms with Gasteiger partial charge in [-0.1, -0.05) is 43.2 Å². The average molecular weight is 257 g/mol. The fourth-order valence-corrected chi connectivity index (χ4v) is 3.64. The first-order valence-electron chi connectivity index (χ1n) is 7.20. The van der Waals surface area contributed by atoms with Crippen LogP contribution in [0.15, 0.2) is 30.3 Å². The van der Waals surface area contributed by atoms with E-state index < -0.39 is 5.72 Å². The van der Waals surface area contributed by atoms with Gasteiger partial charge in [-0.05, 0) is 45.0 Å². The van der Waals surface area contributed by atoms with Crippen molar-refractivity contribution in [3.05, 3.63) is 41.5 Å². The van der Waals surface area contributed by atoms with E-state index in [1.165, 1.54) is 36.8 Å². The van der Waals surface area contributed by atoms with E-state index in [1.807, 2.05) is 25.9 Å². The Morgan fingerprint density at radius 1 is 1.16 bits per heavy atom. The molecular formula is C17H23NO. The van der Waals surface area contributed by atoms with Gasteiger partial charge < -0.3 is 5.11 Å². The lowest BCUT2D eigenvalue weighted by atomic mass is 9.81. The number of rotatable bonds is 2. The Bertz CT molecular complexity index is 522. The maximum absolute atomic E-state index is 10.8. The van der Waals surface area contributed by atoms with Crippen LogP contribution < -0.4 is 0 Å². The molecule has 1 unspecified atom stereocenters. The molecule has 1 atom stereocenters. The van der Waals surface area contributed by atoms with E-state index in [0.717, 1.165) is 5.57 Å². The quantitative estimate of drug-likeness (QED) is 0.823. The lowest BCUT2D eigenvalue weighted by Gasteiger charge is -2.32. The molecule has 1 aromatic carbocycles. The fraction of sp³-hybridized carbons (Fsp3) is 0.529. The van der Waals surface area contributed by atoms with Gasteiger partial charge in [-0.3, -0.25) is 4.90 Å². The molecule has 0 radical (unpaired) electrons. The third kappa shape index (κ3) is 1.78. The third-order valence-electron chi connectivity index (χ3n) is 5.05. The van der Waals surface area contributed by atoms with E-state index in [1.54, 1.807) is 0 Å². The van der Waals surface area contributed by atoms with Crippen molar-refractivity contribution in [2.24, 2.45) is 0 Å².